The molecule has 0 aliphatic heterocycles. The number of halogens is 2. The summed E-state index contributed by atoms with van der Waals surface area (Å²) in [6, 6.07) is 4.19. The molecule has 0 N–H and O–H groups in total. The van der Waals surface area contributed by atoms with Crippen molar-refractivity contribution < 1.29 is 9.18 Å². The van der Waals surface area contributed by atoms with Gasteiger partial charge < -0.3 is 0 Å². The molecule has 13 heavy (non-hydrogen) atoms. The zero-order valence-electron chi connectivity index (χ0n) is 6.77. The molecule has 1 aromatic rings. The first-order chi connectivity index (χ1) is 6.06. The summed E-state index contributed by atoms with van der Waals surface area (Å²) in [7, 11) is 0. The van der Waals surface area contributed by atoms with Crippen LogP contribution in [-0.2, 0) is 0 Å². The molecule has 0 saturated carbocycles. The Hall–Kier alpha value is -1.21. The second kappa shape index (κ2) is 3.67. The Morgan fingerprint density at radius 2 is 2.23 bits per heavy atom. The average molecular weight is 242 g/mol. The van der Waals surface area contributed by atoms with Crippen molar-refractivity contribution in [3.63, 3.8) is 0 Å². The van der Waals surface area contributed by atoms with Gasteiger partial charge in [0.2, 0.25) is 0 Å². The molecule has 0 aliphatic rings. The number of benzene rings is 1. The lowest BCUT2D eigenvalue weighted by Crippen LogP contribution is -1.98. The fraction of sp³-hybridized carbons (Fsp3) is 0.111. The normalized spacial score (nSPS) is 9.38. The standard InChI is InChI=1S/C9H5BrFNO/c1-5(13)7-3-9(11)8(10)2-6(7)4-12/h2-3H,1H3. The number of nitriles is 1. The molecule has 0 atom stereocenters. The van der Waals surface area contributed by atoms with Crippen LogP contribution in [0, 0.1) is 17.1 Å². The highest BCUT2D eigenvalue weighted by molar-refractivity contribution is 9.10. The van der Waals surface area contributed by atoms with E-state index in [0.29, 0.717) is 0 Å². The summed E-state index contributed by atoms with van der Waals surface area (Å²) in [5.41, 5.74) is 0.295. The van der Waals surface area contributed by atoms with Gasteiger partial charge in [0.1, 0.15) is 5.82 Å². The Balaban J connectivity index is 3.44. The van der Waals surface area contributed by atoms with Crippen LogP contribution in [0.15, 0.2) is 16.6 Å². The van der Waals surface area contributed by atoms with E-state index in [1.54, 1.807) is 0 Å². The molecular formula is C9H5BrFNO. The van der Waals surface area contributed by atoms with Crippen LogP contribution in [0.5, 0.6) is 0 Å². The third kappa shape index (κ3) is 1.93. The third-order valence-corrected chi connectivity index (χ3v) is 2.17. The van der Waals surface area contributed by atoms with E-state index >= 15 is 0 Å². The minimum atomic E-state index is -0.538. The van der Waals surface area contributed by atoms with Gasteiger partial charge in [-0.1, -0.05) is 0 Å². The number of hydrogen-bond acceptors (Lipinski definition) is 2. The number of carbonyl (C=O) groups is 1. The second-order valence-corrected chi connectivity index (χ2v) is 3.33. The molecule has 0 amide bonds. The fourth-order valence-electron chi connectivity index (χ4n) is 0.931. The lowest BCUT2D eigenvalue weighted by atomic mass is 10.1. The highest BCUT2D eigenvalue weighted by atomic mass is 79.9. The van der Waals surface area contributed by atoms with Crippen LogP contribution in [0.3, 0.4) is 0 Å². The number of carbonyl (C=O) groups excluding carboxylic acids is 1. The molecule has 0 saturated heterocycles. The topological polar surface area (TPSA) is 40.9 Å². The lowest BCUT2D eigenvalue weighted by Gasteiger charge is -2.00. The molecule has 0 fully saturated rings. The Bertz CT molecular complexity index is 409. The Kier molecular flexibility index (Phi) is 2.79. The van der Waals surface area contributed by atoms with Gasteiger partial charge in [-0.05, 0) is 35.0 Å². The molecule has 2 nitrogen and oxygen atoms in total. The summed E-state index contributed by atoms with van der Waals surface area (Å²) in [4.78, 5) is 11.0. The van der Waals surface area contributed by atoms with Gasteiger partial charge in [-0.2, -0.15) is 5.26 Å². The molecule has 0 spiro atoms. The van der Waals surface area contributed by atoms with E-state index in [4.69, 9.17) is 5.26 Å². The SMILES string of the molecule is CC(=O)c1cc(F)c(Br)cc1C#N. The monoisotopic (exact) mass is 241 g/mol. The smallest absolute Gasteiger partial charge is 0.161 e. The summed E-state index contributed by atoms with van der Waals surface area (Å²) in [5.74, 6) is -0.854. The Morgan fingerprint density at radius 1 is 1.62 bits per heavy atom. The summed E-state index contributed by atoms with van der Waals surface area (Å²) < 4.78 is 13.1. The molecule has 1 rings (SSSR count). The van der Waals surface area contributed by atoms with Gasteiger partial charge in [-0.25, -0.2) is 4.39 Å². The van der Waals surface area contributed by atoms with Crippen molar-refractivity contribution in [2.24, 2.45) is 0 Å². The van der Waals surface area contributed by atoms with Gasteiger partial charge >= 0.3 is 0 Å². The second-order valence-electron chi connectivity index (χ2n) is 2.48. The van der Waals surface area contributed by atoms with Gasteiger partial charge in [-0.15, -0.1) is 0 Å². The van der Waals surface area contributed by atoms with Crippen LogP contribution in [0.2, 0.25) is 0 Å². The number of rotatable bonds is 1. The molecule has 0 unspecified atom stereocenters. The van der Waals surface area contributed by atoms with Gasteiger partial charge in [0.25, 0.3) is 0 Å². The maximum absolute atomic E-state index is 12.9. The molecule has 0 aliphatic carbocycles. The average Bonchev–Trinajstić information content (AvgIpc) is 2.08. The summed E-state index contributed by atoms with van der Waals surface area (Å²) in [6.07, 6.45) is 0. The zero-order valence-corrected chi connectivity index (χ0v) is 8.35. The lowest BCUT2D eigenvalue weighted by molar-refractivity contribution is 0.101. The Morgan fingerprint density at radius 3 is 2.69 bits per heavy atom. The van der Waals surface area contributed by atoms with Crippen LogP contribution in [0.4, 0.5) is 4.39 Å². The highest BCUT2D eigenvalue weighted by Gasteiger charge is 2.10. The summed E-state index contributed by atoms with van der Waals surface area (Å²) >= 11 is 2.93. The van der Waals surface area contributed by atoms with E-state index in [2.05, 4.69) is 15.9 Å². The van der Waals surface area contributed by atoms with Crippen molar-refractivity contribution in [3.05, 3.63) is 33.5 Å². The largest absolute Gasteiger partial charge is 0.294 e. The Labute approximate surface area is 83.1 Å². The quantitative estimate of drug-likeness (QED) is 0.710. The first-order valence-corrected chi connectivity index (χ1v) is 4.25. The van der Waals surface area contributed by atoms with Crippen molar-refractivity contribution >= 4 is 21.7 Å². The predicted molar refractivity (Wildman–Crippen MR) is 48.8 cm³/mol. The molecule has 0 aromatic heterocycles. The van der Waals surface area contributed by atoms with Gasteiger partial charge in [0.05, 0.1) is 16.1 Å². The molecule has 66 valence electrons. The number of ketones is 1. The first kappa shape index (κ1) is 9.87. The predicted octanol–water partition coefficient (Wildman–Crippen LogP) is 2.66. The molecule has 0 heterocycles. The van der Waals surface area contributed by atoms with Crippen LogP contribution in [-0.4, -0.2) is 5.78 Å². The number of Topliss-reactive ketones (excluding diaryl/α,β-unsaturated/α-hetero) is 1. The highest BCUT2D eigenvalue weighted by Crippen LogP contribution is 2.20. The zero-order chi connectivity index (χ0) is 10.0. The molecule has 1 aromatic carbocycles. The molecule has 0 radical (unpaired) electrons. The van der Waals surface area contributed by atoms with Crippen LogP contribution < -0.4 is 0 Å². The van der Waals surface area contributed by atoms with Crippen molar-refractivity contribution in [1.82, 2.24) is 0 Å². The maximum Gasteiger partial charge on any atom is 0.161 e. The minimum absolute atomic E-state index is 0.114. The first-order valence-electron chi connectivity index (χ1n) is 3.46. The van der Waals surface area contributed by atoms with Crippen molar-refractivity contribution in [1.29, 1.82) is 5.26 Å². The van der Waals surface area contributed by atoms with Gasteiger partial charge in [0, 0.05) is 5.56 Å². The van der Waals surface area contributed by atoms with Crippen LogP contribution in [0.1, 0.15) is 22.8 Å². The van der Waals surface area contributed by atoms with E-state index < -0.39 is 5.82 Å². The molecule has 4 heteroatoms. The van der Waals surface area contributed by atoms with Gasteiger partial charge in [0.15, 0.2) is 5.78 Å². The van der Waals surface area contributed by atoms with E-state index in [1.165, 1.54) is 13.0 Å². The van der Waals surface area contributed by atoms with Crippen LogP contribution >= 0.6 is 15.9 Å². The van der Waals surface area contributed by atoms with Crippen molar-refractivity contribution in [2.75, 3.05) is 0 Å². The third-order valence-electron chi connectivity index (χ3n) is 1.56. The van der Waals surface area contributed by atoms with Crippen LogP contribution in [0.25, 0.3) is 0 Å². The van der Waals surface area contributed by atoms with E-state index in [1.807, 2.05) is 6.07 Å². The van der Waals surface area contributed by atoms with Crippen molar-refractivity contribution in [2.45, 2.75) is 6.92 Å². The van der Waals surface area contributed by atoms with E-state index in [9.17, 15) is 9.18 Å². The molecular weight excluding hydrogens is 237 g/mol. The van der Waals surface area contributed by atoms with E-state index in [0.717, 1.165) is 6.07 Å². The summed E-state index contributed by atoms with van der Waals surface area (Å²) in [6.45, 7) is 1.30. The minimum Gasteiger partial charge on any atom is -0.294 e. The fourth-order valence-corrected chi connectivity index (χ4v) is 1.27. The van der Waals surface area contributed by atoms with E-state index in [-0.39, 0.29) is 21.4 Å². The maximum atomic E-state index is 12.9. The number of hydrogen-bond donors (Lipinski definition) is 0. The van der Waals surface area contributed by atoms with Gasteiger partial charge in [-0.3, -0.25) is 4.79 Å². The summed E-state index contributed by atoms with van der Waals surface area (Å²) in [5, 5.41) is 8.64. The van der Waals surface area contributed by atoms with Crippen molar-refractivity contribution in [3.8, 4) is 6.07 Å². The number of nitrogens with zero attached hydrogens (tertiary/aromatic N) is 1. The molecule has 0 bridgehead atoms.